The summed E-state index contributed by atoms with van der Waals surface area (Å²) in [6.07, 6.45) is 3.35. The molecular formula is C25H30INO7S. The van der Waals surface area contributed by atoms with Crippen LogP contribution in [-0.2, 0) is 30.2 Å². The van der Waals surface area contributed by atoms with E-state index >= 15 is 0 Å². The summed E-state index contributed by atoms with van der Waals surface area (Å²) in [7, 11) is 1.53. The quantitative estimate of drug-likeness (QED) is 0.134. The summed E-state index contributed by atoms with van der Waals surface area (Å²) < 4.78 is 22.1. The second kappa shape index (κ2) is 13.6. The fourth-order valence-electron chi connectivity index (χ4n) is 3.08. The maximum absolute atomic E-state index is 13.1. The molecule has 2 rings (SSSR count). The molecule has 10 heteroatoms. The Morgan fingerprint density at radius 3 is 2.71 bits per heavy atom. The molecule has 0 saturated carbocycles. The molecule has 190 valence electrons. The van der Waals surface area contributed by atoms with Crippen molar-refractivity contribution in [2.24, 2.45) is 0 Å². The van der Waals surface area contributed by atoms with Gasteiger partial charge in [0.25, 0.3) is 0 Å². The second-order valence-electron chi connectivity index (χ2n) is 8.51. The van der Waals surface area contributed by atoms with Crippen molar-refractivity contribution in [1.29, 1.82) is 0 Å². The van der Waals surface area contributed by atoms with Crippen molar-refractivity contribution in [2.45, 2.75) is 46.1 Å². The van der Waals surface area contributed by atoms with Gasteiger partial charge in [-0.05, 0) is 91.6 Å². The van der Waals surface area contributed by atoms with Crippen LogP contribution in [0, 0.1) is 0 Å². The minimum atomic E-state index is -0.636. The number of ether oxygens (including phenoxy) is 4. The molecular weight excluding hydrogens is 585 g/mol. The summed E-state index contributed by atoms with van der Waals surface area (Å²) in [5.74, 6) is -0.320. The zero-order chi connectivity index (χ0) is 26.0. The number of anilines is 1. The molecule has 0 unspecified atom stereocenters. The number of carbonyl (C=O) groups is 3. The van der Waals surface area contributed by atoms with Crippen LogP contribution in [0.5, 0.6) is 0 Å². The van der Waals surface area contributed by atoms with Gasteiger partial charge in [-0.25, -0.2) is 14.4 Å². The van der Waals surface area contributed by atoms with Crippen molar-refractivity contribution in [3.05, 3.63) is 65.1 Å². The van der Waals surface area contributed by atoms with Crippen molar-refractivity contribution >= 4 is 53.9 Å². The number of esters is 2. The lowest BCUT2D eigenvalue weighted by molar-refractivity contribution is -0.138. The van der Waals surface area contributed by atoms with Crippen molar-refractivity contribution in [2.75, 3.05) is 24.3 Å². The van der Waals surface area contributed by atoms with Crippen LogP contribution in [-0.4, -0.2) is 42.6 Å². The SMILES string of the molecule is C=C/C=C1/OC(=O)c2ccc(NC(=O)OC(C)(C)C)cc2CCCO/C1=C(/C)C(=O)OCCSI. The third-order valence-corrected chi connectivity index (χ3v) is 6.19. The number of allylic oxidation sites excluding steroid dienone is 2. The number of hydrogen-bond acceptors (Lipinski definition) is 8. The first-order valence-corrected chi connectivity index (χ1v) is 14.5. The Balaban J connectivity index is 2.32. The van der Waals surface area contributed by atoms with Crippen LogP contribution in [0.4, 0.5) is 10.5 Å². The van der Waals surface area contributed by atoms with Gasteiger partial charge >= 0.3 is 18.0 Å². The molecule has 0 bridgehead atoms. The number of cyclic esters (lactones) is 1. The maximum Gasteiger partial charge on any atom is 0.412 e. The van der Waals surface area contributed by atoms with Crippen LogP contribution in [0.1, 0.15) is 50.0 Å². The fourth-order valence-corrected chi connectivity index (χ4v) is 3.77. The molecule has 0 spiro atoms. The third kappa shape index (κ3) is 9.25. The fraction of sp³-hybridized carbons (Fsp3) is 0.400. The highest BCUT2D eigenvalue weighted by Crippen LogP contribution is 2.26. The summed E-state index contributed by atoms with van der Waals surface area (Å²) in [4.78, 5) is 37.7. The van der Waals surface area contributed by atoms with Crippen molar-refractivity contribution in [3.63, 3.8) is 0 Å². The lowest BCUT2D eigenvalue weighted by Gasteiger charge is -2.21. The lowest BCUT2D eigenvalue weighted by Crippen LogP contribution is -2.27. The van der Waals surface area contributed by atoms with Gasteiger partial charge in [0.2, 0.25) is 0 Å². The topological polar surface area (TPSA) is 100 Å². The number of benzene rings is 1. The van der Waals surface area contributed by atoms with E-state index in [-0.39, 0.29) is 30.3 Å². The Hall–Kier alpha value is -2.47. The third-order valence-electron chi connectivity index (χ3n) is 4.54. The van der Waals surface area contributed by atoms with Crippen LogP contribution in [0.25, 0.3) is 0 Å². The number of rotatable bonds is 6. The van der Waals surface area contributed by atoms with Gasteiger partial charge in [-0.1, -0.05) is 21.6 Å². The summed E-state index contributed by atoms with van der Waals surface area (Å²) in [6.45, 7) is 11.1. The van der Waals surface area contributed by atoms with Crippen LogP contribution >= 0.6 is 30.1 Å². The van der Waals surface area contributed by atoms with E-state index in [4.69, 9.17) is 18.9 Å². The van der Waals surface area contributed by atoms with E-state index in [9.17, 15) is 14.4 Å². The number of hydrogen-bond donors (Lipinski definition) is 1. The predicted octanol–water partition coefficient (Wildman–Crippen LogP) is 6.12. The number of amides is 1. The van der Waals surface area contributed by atoms with Crippen molar-refractivity contribution < 1.29 is 33.3 Å². The summed E-state index contributed by atoms with van der Waals surface area (Å²) >= 11 is 2.13. The molecule has 35 heavy (non-hydrogen) atoms. The highest BCUT2D eigenvalue weighted by Gasteiger charge is 2.25. The summed E-state index contributed by atoms with van der Waals surface area (Å²) in [6, 6.07) is 4.90. The number of fused-ring (bicyclic) bond motifs is 1. The van der Waals surface area contributed by atoms with Gasteiger partial charge in [-0.3, -0.25) is 5.32 Å². The molecule has 1 aliphatic heterocycles. The standard InChI is InChI=1S/C25H30INO7S/c1-6-8-20-21(16(2)22(28)32-13-14-35-26)31-12-7-9-17-15-18(10-11-19(17)23(29)33-20)27-24(30)34-25(3,4)5/h6,8,10-11,15H,1,7,9,12-14H2,2-5H3,(H,27,30)/b20-8+,21-16-. The Bertz CT molecular complexity index is 1030. The molecule has 1 amide bonds. The molecule has 1 heterocycles. The molecule has 0 aliphatic carbocycles. The molecule has 0 radical (unpaired) electrons. The number of aryl methyl sites for hydroxylation is 1. The van der Waals surface area contributed by atoms with E-state index in [0.717, 1.165) is 0 Å². The minimum absolute atomic E-state index is 0.0616. The van der Waals surface area contributed by atoms with E-state index < -0.39 is 23.6 Å². The molecule has 0 saturated heterocycles. The van der Waals surface area contributed by atoms with Gasteiger partial charge in [-0.2, -0.15) is 0 Å². The zero-order valence-electron chi connectivity index (χ0n) is 20.3. The highest BCUT2D eigenvalue weighted by atomic mass is 127. The molecule has 1 aromatic rings. The number of halogens is 1. The zero-order valence-corrected chi connectivity index (χ0v) is 23.2. The van der Waals surface area contributed by atoms with Crippen LogP contribution in [0.3, 0.4) is 0 Å². The molecule has 0 aromatic heterocycles. The smallest absolute Gasteiger partial charge is 0.412 e. The summed E-state index contributed by atoms with van der Waals surface area (Å²) in [5, 5.41) is 2.68. The van der Waals surface area contributed by atoms with Gasteiger partial charge < -0.3 is 18.9 Å². The van der Waals surface area contributed by atoms with Gasteiger partial charge in [0.05, 0.1) is 17.7 Å². The predicted molar refractivity (Wildman–Crippen MR) is 144 cm³/mol. The van der Waals surface area contributed by atoms with E-state index in [1.165, 1.54) is 21.1 Å². The first kappa shape index (κ1) is 28.8. The highest BCUT2D eigenvalue weighted by molar-refractivity contribution is 14.2. The lowest BCUT2D eigenvalue weighted by atomic mass is 10.0. The minimum Gasteiger partial charge on any atom is -0.489 e. The van der Waals surface area contributed by atoms with Gasteiger partial charge in [0.1, 0.15) is 12.2 Å². The molecule has 0 fully saturated rings. The normalized spacial score (nSPS) is 16.8. The Morgan fingerprint density at radius 2 is 2.06 bits per heavy atom. The molecule has 1 N–H and O–H groups in total. The molecule has 1 aliphatic rings. The Kier molecular flexibility index (Phi) is 11.2. The van der Waals surface area contributed by atoms with Crippen molar-refractivity contribution in [1.82, 2.24) is 0 Å². The van der Waals surface area contributed by atoms with Crippen LogP contribution in [0.15, 0.2) is 54.0 Å². The van der Waals surface area contributed by atoms with Crippen LogP contribution < -0.4 is 5.32 Å². The number of carbonyl (C=O) groups excluding carboxylic acids is 3. The second-order valence-corrected chi connectivity index (χ2v) is 11.0. The van der Waals surface area contributed by atoms with Crippen LogP contribution in [0.2, 0.25) is 0 Å². The maximum atomic E-state index is 13.1. The van der Waals surface area contributed by atoms with Gasteiger partial charge in [-0.15, -0.1) is 0 Å². The Labute approximate surface area is 222 Å². The van der Waals surface area contributed by atoms with E-state index in [1.54, 1.807) is 45.9 Å². The van der Waals surface area contributed by atoms with Gasteiger partial charge in [0.15, 0.2) is 11.5 Å². The summed E-state index contributed by atoms with van der Waals surface area (Å²) in [5.41, 5.74) is 1.08. The average Bonchev–Trinajstić information content (AvgIpc) is 2.77. The first-order valence-electron chi connectivity index (χ1n) is 11.0. The monoisotopic (exact) mass is 615 g/mol. The largest absolute Gasteiger partial charge is 0.489 e. The van der Waals surface area contributed by atoms with Gasteiger partial charge in [0, 0.05) is 11.4 Å². The molecule has 0 atom stereocenters. The number of nitrogens with one attached hydrogen (secondary N) is 1. The molecule has 8 nitrogen and oxygen atoms in total. The van der Waals surface area contributed by atoms with E-state index in [2.05, 4.69) is 33.1 Å². The molecule has 1 aromatic carbocycles. The average molecular weight is 615 g/mol. The van der Waals surface area contributed by atoms with E-state index in [0.29, 0.717) is 35.4 Å². The van der Waals surface area contributed by atoms with Crippen molar-refractivity contribution in [3.8, 4) is 0 Å². The Morgan fingerprint density at radius 1 is 1.31 bits per heavy atom. The first-order chi connectivity index (χ1) is 16.6. The van der Waals surface area contributed by atoms with E-state index in [1.807, 2.05) is 0 Å².